The second-order valence-electron chi connectivity index (χ2n) is 5.03. The molecule has 1 aliphatic rings. The molecule has 0 bridgehead atoms. The Kier molecular flexibility index (Phi) is 3.60. The summed E-state index contributed by atoms with van der Waals surface area (Å²) in [4.78, 5) is 11.4. The van der Waals surface area contributed by atoms with E-state index >= 15 is 0 Å². The van der Waals surface area contributed by atoms with E-state index in [1.165, 1.54) is 6.07 Å². The first-order valence-electron chi connectivity index (χ1n) is 7.04. The van der Waals surface area contributed by atoms with Crippen molar-refractivity contribution in [2.75, 3.05) is 10.6 Å². The number of fused-ring (bicyclic) bond motifs is 1. The fourth-order valence-electron chi connectivity index (χ4n) is 2.51. The average Bonchev–Trinajstić information content (AvgIpc) is 2.93. The minimum atomic E-state index is -0.299. The summed E-state index contributed by atoms with van der Waals surface area (Å²) in [5, 5.41) is 10.0. The minimum Gasteiger partial charge on any atom is -0.377 e. The molecule has 0 unspecified atom stereocenters. The number of rotatable bonds is 4. The van der Waals surface area contributed by atoms with E-state index in [1.54, 1.807) is 12.3 Å². The summed E-state index contributed by atoms with van der Waals surface area (Å²) in [5.74, 6) is -0.323. The number of carbonyl (C=O) groups excluding carboxylic acids is 1. The van der Waals surface area contributed by atoms with E-state index in [2.05, 4.69) is 15.7 Å². The van der Waals surface area contributed by atoms with E-state index in [1.807, 2.05) is 17.7 Å². The van der Waals surface area contributed by atoms with Crippen LogP contribution in [-0.4, -0.2) is 15.7 Å². The largest absolute Gasteiger partial charge is 0.377 e. The first kappa shape index (κ1) is 13.6. The maximum Gasteiger partial charge on any atom is 0.224 e. The topological polar surface area (TPSA) is 59.0 Å². The lowest BCUT2D eigenvalue weighted by atomic mass is 10.0. The van der Waals surface area contributed by atoms with Gasteiger partial charge in [-0.1, -0.05) is 0 Å². The van der Waals surface area contributed by atoms with Crippen molar-refractivity contribution in [3.05, 3.63) is 41.5 Å². The van der Waals surface area contributed by atoms with Gasteiger partial charge < -0.3 is 10.6 Å². The number of benzene rings is 1. The van der Waals surface area contributed by atoms with Crippen LogP contribution in [0.4, 0.5) is 15.8 Å². The highest BCUT2D eigenvalue weighted by atomic mass is 19.1. The molecule has 0 saturated heterocycles. The van der Waals surface area contributed by atoms with Crippen molar-refractivity contribution < 1.29 is 9.18 Å². The van der Waals surface area contributed by atoms with Gasteiger partial charge >= 0.3 is 0 Å². The van der Waals surface area contributed by atoms with Crippen LogP contribution in [0.5, 0.6) is 0 Å². The fraction of sp³-hybridized carbons (Fsp3) is 0.333. The van der Waals surface area contributed by atoms with E-state index < -0.39 is 0 Å². The molecule has 1 amide bonds. The standard InChI is InChI=1S/C15H17FN4O/c1-2-20-11(5-6-18-20)9-17-14-8-13-10(7-12(14)16)3-4-15(21)19-13/h5-8,17H,2-4,9H2,1H3,(H,19,21). The molecule has 0 radical (unpaired) electrons. The smallest absolute Gasteiger partial charge is 0.224 e. The average molecular weight is 288 g/mol. The molecule has 0 aliphatic carbocycles. The van der Waals surface area contributed by atoms with Crippen molar-refractivity contribution in [3.8, 4) is 0 Å². The van der Waals surface area contributed by atoms with Crippen LogP contribution in [-0.2, 0) is 24.3 Å². The molecular weight excluding hydrogens is 271 g/mol. The number of nitrogens with one attached hydrogen (secondary N) is 2. The first-order chi connectivity index (χ1) is 10.2. The van der Waals surface area contributed by atoms with Crippen molar-refractivity contribution in [1.29, 1.82) is 0 Å². The lowest BCUT2D eigenvalue weighted by Crippen LogP contribution is -2.19. The molecule has 2 heterocycles. The molecule has 3 rings (SSSR count). The van der Waals surface area contributed by atoms with Gasteiger partial charge in [0.2, 0.25) is 5.91 Å². The predicted molar refractivity (Wildman–Crippen MR) is 78.6 cm³/mol. The van der Waals surface area contributed by atoms with Crippen molar-refractivity contribution in [1.82, 2.24) is 9.78 Å². The number of carbonyl (C=O) groups is 1. The molecule has 0 saturated carbocycles. The molecule has 0 spiro atoms. The van der Waals surface area contributed by atoms with Crippen LogP contribution in [0, 0.1) is 5.82 Å². The van der Waals surface area contributed by atoms with Gasteiger partial charge in [-0.05, 0) is 37.1 Å². The number of nitrogens with zero attached hydrogens (tertiary/aromatic N) is 2. The van der Waals surface area contributed by atoms with Crippen LogP contribution in [0.1, 0.15) is 24.6 Å². The predicted octanol–water partition coefficient (Wildman–Crippen LogP) is 2.54. The Balaban J connectivity index is 1.79. The Morgan fingerprint density at radius 1 is 1.43 bits per heavy atom. The van der Waals surface area contributed by atoms with Gasteiger partial charge in [-0.25, -0.2) is 4.39 Å². The zero-order valence-electron chi connectivity index (χ0n) is 11.8. The molecule has 1 aromatic heterocycles. The van der Waals surface area contributed by atoms with Crippen LogP contribution < -0.4 is 10.6 Å². The van der Waals surface area contributed by atoms with E-state index in [0.717, 1.165) is 17.8 Å². The zero-order chi connectivity index (χ0) is 14.8. The number of hydrogen-bond acceptors (Lipinski definition) is 3. The lowest BCUT2D eigenvalue weighted by molar-refractivity contribution is -0.116. The minimum absolute atomic E-state index is 0.0240. The van der Waals surface area contributed by atoms with E-state index in [4.69, 9.17) is 0 Å². The number of halogens is 1. The van der Waals surface area contributed by atoms with Gasteiger partial charge in [0.25, 0.3) is 0 Å². The van der Waals surface area contributed by atoms with Gasteiger partial charge in [0.05, 0.1) is 17.9 Å². The van der Waals surface area contributed by atoms with Gasteiger partial charge in [-0.3, -0.25) is 9.48 Å². The normalized spacial score (nSPS) is 13.7. The molecule has 21 heavy (non-hydrogen) atoms. The summed E-state index contributed by atoms with van der Waals surface area (Å²) < 4.78 is 15.9. The summed E-state index contributed by atoms with van der Waals surface area (Å²) in [6.07, 6.45) is 2.72. The Labute approximate surface area is 122 Å². The summed E-state index contributed by atoms with van der Waals surface area (Å²) in [6.45, 7) is 3.26. The van der Waals surface area contributed by atoms with Gasteiger partial charge in [-0.15, -0.1) is 0 Å². The van der Waals surface area contributed by atoms with Crippen LogP contribution in [0.3, 0.4) is 0 Å². The molecule has 2 N–H and O–H groups in total. The van der Waals surface area contributed by atoms with Gasteiger partial charge in [0.15, 0.2) is 0 Å². The molecule has 6 heteroatoms. The maximum absolute atomic E-state index is 14.1. The Morgan fingerprint density at radius 2 is 2.29 bits per heavy atom. The van der Waals surface area contributed by atoms with Crippen LogP contribution in [0.15, 0.2) is 24.4 Å². The molecule has 5 nitrogen and oxygen atoms in total. The molecule has 1 aliphatic heterocycles. The zero-order valence-corrected chi connectivity index (χ0v) is 11.8. The maximum atomic E-state index is 14.1. The number of hydrogen-bond donors (Lipinski definition) is 2. The fourth-order valence-corrected chi connectivity index (χ4v) is 2.51. The monoisotopic (exact) mass is 288 g/mol. The highest BCUT2D eigenvalue weighted by Crippen LogP contribution is 2.28. The summed E-state index contributed by atoms with van der Waals surface area (Å²) in [6, 6.07) is 5.05. The number of aryl methyl sites for hydroxylation is 2. The Hall–Kier alpha value is -2.37. The third kappa shape index (κ3) is 2.74. The second kappa shape index (κ2) is 5.55. The van der Waals surface area contributed by atoms with Crippen molar-refractivity contribution >= 4 is 17.3 Å². The molecule has 1 aromatic carbocycles. The molecule has 2 aromatic rings. The molecule has 0 fully saturated rings. The number of aromatic nitrogens is 2. The van der Waals surface area contributed by atoms with Crippen LogP contribution in [0.2, 0.25) is 0 Å². The highest BCUT2D eigenvalue weighted by molar-refractivity contribution is 5.94. The third-order valence-electron chi connectivity index (χ3n) is 3.65. The van der Waals surface area contributed by atoms with Gasteiger partial charge in [0.1, 0.15) is 5.82 Å². The van der Waals surface area contributed by atoms with E-state index in [0.29, 0.717) is 30.8 Å². The van der Waals surface area contributed by atoms with E-state index in [-0.39, 0.29) is 11.7 Å². The molecular formula is C15H17FN4O. The van der Waals surface area contributed by atoms with Crippen molar-refractivity contribution in [3.63, 3.8) is 0 Å². The summed E-state index contributed by atoms with van der Waals surface area (Å²) in [7, 11) is 0. The highest BCUT2D eigenvalue weighted by Gasteiger charge is 2.17. The molecule has 110 valence electrons. The second-order valence-corrected chi connectivity index (χ2v) is 5.03. The quantitative estimate of drug-likeness (QED) is 0.909. The molecule has 0 atom stereocenters. The van der Waals surface area contributed by atoms with Crippen molar-refractivity contribution in [2.24, 2.45) is 0 Å². The number of anilines is 2. The van der Waals surface area contributed by atoms with Gasteiger partial charge in [-0.2, -0.15) is 5.10 Å². The van der Waals surface area contributed by atoms with Crippen molar-refractivity contribution in [2.45, 2.75) is 32.9 Å². The van der Waals surface area contributed by atoms with Crippen LogP contribution in [0.25, 0.3) is 0 Å². The lowest BCUT2D eigenvalue weighted by Gasteiger charge is -2.19. The Bertz CT molecular complexity index is 680. The van der Waals surface area contributed by atoms with E-state index in [9.17, 15) is 9.18 Å². The first-order valence-corrected chi connectivity index (χ1v) is 7.04. The number of amides is 1. The van der Waals surface area contributed by atoms with Crippen LogP contribution >= 0.6 is 0 Å². The summed E-state index contributed by atoms with van der Waals surface area (Å²) in [5.41, 5.74) is 2.91. The van der Waals surface area contributed by atoms with Gasteiger partial charge in [0, 0.05) is 24.8 Å². The Morgan fingerprint density at radius 3 is 3.10 bits per heavy atom. The SMILES string of the molecule is CCn1nccc1CNc1cc2c(cc1F)CCC(=O)N2. The summed E-state index contributed by atoms with van der Waals surface area (Å²) >= 11 is 0. The third-order valence-corrected chi connectivity index (χ3v) is 3.65.